The van der Waals surface area contributed by atoms with Gasteiger partial charge in [-0.05, 0) is 23.6 Å². The predicted octanol–water partition coefficient (Wildman–Crippen LogP) is 1.76. The van der Waals surface area contributed by atoms with E-state index in [9.17, 15) is 9.59 Å². The van der Waals surface area contributed by atoms with Crippen molar-refractivity contribution in [3.63, 3.8) is 0 Å². The second-order valence-corrected chi connectivity index (χ2v) is 4.81. The fourth-order valence-electron chi connectivity index (χ4n) is 1.82. The molecule has 1 N–H and O–H groups in total. The normalized spacial score (nSPS) is 12.1. The van der Waals surface area contributed by atoms with Gasteiger partial charge in [-0.2, -0.15) is 0 Å². The van der Waals surface area contributed by atoms with Crippen molar-refractivity contribution in [1.29, 1.82) is 0 Å². The Balaban J connectivity index is 2.64. The highest BCUT2D eigenvalue weighted by molar-refractivity contribution is 5.89. The van der Waals surface area contributed by atoms with E-state index in [4.69, 9.17) is 4.74 Å². The van der Waals surface area contributed by atoms with E-state index in [0.29, 0.717) is 12.1 Å². The molecule has 0 amide bonds. The van der Waals surface area contributed by atoms with E-state index in [1.54, 1.807) is 12.1 Å². The van der Waals surface area contributed by atoms with Crippen molar-refractivity contribution in [3.05, 3.63) is 35.4 Å². The van der Waals surface area contributed by atoms with Gasteiger partial charge in [-0.15, -0.1) is 0 Å². The van der Waals surface area contributed by atoms with Gasteiger partial charge in [0.25, 0.3) is 0 Å². The lowest BCUT2D eigenvalue weighted by molar-refractivity contribution is -0.144. The summed E-state index contributed by atoms with van der Waals surface area (Å²) in [7, 11) is 2.73. The second kappa shape index (κ2) is 7.65. The third-order valence-corrected chi connectivity index (χ3v) is 3.02. The van der Waals surface area contributed by atoms with E-state index >= 15 is 0 Å². The molecule has 0 heterocycles. The largest absolute Gasteiger partial charge is 0.468 e. The quantitative estimate of drug-likeness (QED) is 0.804. The maximum atomic E-state index is 11.6. The molecular formula is C15H21NO4. The molecule has 20 heavy (non-hydrogen) atoms. The summed E-state index contributed by atoms with van der Waals surface area (Å²) < 4.78 is 9.40. The van der Waals surface area contributed by atoms with Crippen LogP contribution in [0.4, 0.5) is 0 Å². The molecule has 0 saturated heterocycles. The van der Waals surface area contributed by atoms with Gasteiger partial charge in [0.1, 0.15) is 6.04 Å². The first-order valence-corrected chi connectivity index (χ1v) is 6.48. The molecule has 1 aromatic rings. The summed E-state index contributed by atoms with van der Waals surface area (Å²) in [6.45, 7) is 4.43. The summed E-state index contributed by atoms with van der Waals surface area (Å²) in [5, 5.41) is 3.16. The molecular weight excluding hydrogens is 258 g/mol. The molecule has 0 radical (unpaired) electrons. The van der Waals surface area contributed by atoms with Gasteiger partial charge in [0.15, 0.2) is 0 Å². The minimum Gasteiger partial charge on any atom is -0.468 e. The van der Waals surface area contributed by atoms with Gasteiger partial charge < -0.3 is 14.8 Å². The van der Waals surface area contributed by atoms with E-state index in [0.717, 1.165) is 5.56 Å². The van der Waals surface area contributed by atoms with Crippen molar-refractivity contribution in [2.45, 2.75) is 26.4 Å². The van der Waals surface area contributed by atoms with Gasteiger partial charge in [-0.1, -0.05) is 26.0 Å². The molecule has 5 nitrogen and oxygen atoms in total. The summed E-state index contributed by atoms with van der Waals surface area (Å²) in [5.41, 5.74) is 1.48. The fraction of sp³-hybridized carbons (Fsp3) is 0.467. The zero-order valence-electron chi connectivity index (χ0n) is 12.3. The third kappa shape index (κ3) is 4.35. The molecule has 0 spiro atoms. The van der Waals surface area contributed by atoms with Crippen LogP contribution in [0.1, 0.15) is 29.8 Å². The van der Waals surface area contributed by atoms with Crippen LogP contribution >= 0.6 is 0 Å². The van der Waals surface area contributed by atoms with Crippen LogP contribution in [0.25, 0.3) is 0 Å². The van der Waals surface area contributed by atoms with Gasteiger partial charge in [0, 0.05) is 6.54 Å². The smallest absolute Gasteiger partial charge is 0.337 e. The molecule has 5 heteroatoms. The maximum Gasteiger partial charge on any atom is 0.337 e. The Hall–Kier alpha value is -1.88. The van der Waals surface area contributed by atoms with Gasteiger partial charge in [0.05, 0.1) is 19.8 Å². The Morgan fingerprint density at radius 1 is 1.10 bits per heavy atom. The number of carbonyl (C=O) groups is 2. The molecule has 0 aliphatic heterocycles. The average molecular weight is 279 g/mol. The SMILES string of the molecule is COC(=O)c1ccc(CN[C@H](C(=O)OC)C(C)C)cc1. The van der Waals surface area contributed by atoms with E-state index in [1.165, 1.54) is 14.2 Å². The van der Waals surface area contributed by atoms with Crippen molar-refractivity contribution >= 4 is 11.9 Å². The third-order valence-electron chi connectivity index (χ3n) is 3.02. The van der Waals surface area contributed by atoms with Gasteiger partial charge in [-0.25, -0.2) is 4.79 Å². The predicted molar refractivity (Wildman–Crippen MR) is 75.3 cm³/mol. The first-order chi connectivity index (χ1) is 9.49. The molecule has 0 aliphatic rings. The van der Waals surface area contributed by atoms with Crippen LogP contribution in [0.5, 0.6) is 0 Å². The second-order valence-electron chi connectivity index (χ2n) is 4.81. The zero-order chi connectivity index (χ0) is 15.1. The molecule has 0 aromatic heterocycles. The highest BCUT2D eigenvalue weighted by Gasteiger charge is 2.22. The number of methoxy groups -OCH3 is 2. The van der Waals surface area contributed by atoms with E-state index in [2.05, 4.69) is 10.1 Å². The molecule has 110 valence electrons. The minimum atomic E-state index is -0.362. The van der Waals surface area contributed by atoms with Crippen molar-refractivity contribution in [2.75, 3.05) is 14.2 Å². The molecule has 0 unspecified atom stereocenters. The topological polar surface area (TPSA) is 64.6 Å². The van der Waals surface area contributed by atoms with E-state index in [1.807, 2.05) is 26.0 Å². The summed E-state index contributed by atoms with van der Waals surface area (Å²) in [4.78, 5) is 22.9. The van der Waals surface area contributed by atoms with E-state index < -0.39 is 0 Å². The molecule has 1 rings (SSSR count). The Morgan fingerprint density at radius 2 is 1.70 bits per heavy atom. The van der Waals surface area contributed by atoms with Crippen LogP contribution in [-0.4, -0.2) is 32.2 Å². The zero-order valence-corrected chi connectivity index (χ0v) is 12.3. The van der Waals surface area contributed by atoms with Crippen molar-refractivity contribution in [1.82, 2.24) is 5.32 Å². The Labute approximate surface area is 119 Å². The Morgan fingerprint density at radius 3 is 2.15 bits per heavy atom. The molecule has 0 aliphatic carbocycles. The minimum absolute atomic E-state index is 0.136. The van der Waals surface area contributed by atoms with Gasteiger partial charge in [0.2, 0.25) is 0 Å². The molecule has 0 bridgehead atoms. The lowest BCUT2D eigenvalue weighted by Crippen LogP contribution is -2.41. The number of hydrogen-bond donors (Lipinski definition) is 1. The lowest BCUT2D eigenvalue weighted by atomic mass is 10.0. The molecule has 1 atom stereocenters. The highest BCUT2D eigenvalue weighted by Crippen LogP contribution is 2.08. The Bertz CT molecular complexity index is 453. The molecule has 0 saturated carbocycles. The van der Waals surface area contributed by atoms with Crippen molar-refractivity contribution in [2.24, 2.45) is 5.92 Å². The summed E-state index contributed by atoms with van der Waals surface area (Å²) in [5.74, 6) is -0.498. The summed E-state index contributed by atoms with van der Waals surface area (Å²) in [6, 6.07) is 6.71. The number of carbonyl (C=O) groups excluding carboxylic acids is 2. The van der Waals surface area contributed by atoms with Crippen LogP contribution in [-0.2, 0) is 20.8 Å². The Kier molecular flexibility index (Phi) is 6.18. The fourth-order valence-corrected chi connectivity index (χ4v) is 1.82. The van der Waals surface area contributed by atoms with E-state index in [-0.39, 0.29) is 23.9 Å². The average Bonchev–Trinajstić information content (AvgIpc) is 2.46. The number of esters is 2. The van der Waals surface area contributed by atoms with Crippen molar-refractivity contribution in [3.8, 4) is 0 Å². The first kappa shape index (κ1) is 16.2. The molecule has 0 fully saturated rings. The number of ether oxygens (including phenoxy) is 2. The maximum absolute atomic E-state index is 11.6. The van der Waals surface area contributed by atoms with Crippen LogP contribution < -0.4 is 5.32 Å². The first-order valence-electron chi connectivity index (χ1n) is 6.48. The van der Waals surface area contributed by atoms with Crippen LogP contribution in [0.15, 0.2) is 24.3 Å². The summed E-state index contributed by atoms with van der Waals surface area (Å²) in [6.07, 6.45) is 0. The molecule has 1 aromatic carbocycles. The standard InChI is InChI=1S/C15H21NO4/c1-10(2)13(15(18)20-4)16-9-11-5-7-12(8-6-11)14(17)19-3/h5-8,10,13,16H,9H2,1-4H3/t13-/m0/s1. The number of rotatable bonds is 6. The van der Waals surface area contributed by atoms with Gasteiger partial charge in [-0.3, -0.25) is 4.79 Å². The monoisotopic (exact) mass is 279 g/mol. The number of nitrogens with one attached hydrogen (secondary N) is 1. The van der Waals surface area contributed by atoms with Crippen molar-refractivity contribution < 1.29 is 19.1 Å². The highest BCUT2D eigenvalue weighted by atomic mass is 16.5. The number of benzene rings is 1. The van der Waals surface area contributed by atoms with Crippen LogP contribution in [0.2, 0.25) is 0 Å². The lowest BCUT2D eigenvalue weighted by Gasteiger charge is -2.19. The van der Waals surface area contributed by atoms with Gasteiger partial charge >= 0.3 is 11.9 Å². The van der Waals surface area contributed by atoms with Crippen LogP contribution in [0, 0.1) is 5.92 Å². The summed E-state index contributed by atoms with van der Waals surface area (Å²) >= 11 is 0. The van der Waals surface area contributed by atoms with Crippen LogP contribution in [0.3, 0.4) is 0 Å². The number of hydrogen-bond acceptors (Lipinski definition) is 5.